The molecule has 1 amide bonds. The van der Waals surface area contributed by atoms with Gasteiger partial charge in [-0.15, -0.1) is 0 Å². The highest BCUT2D eigenvalue weighted by molar-refractivity contribution is 6.04. The number of nitriles is 1. The molecule has 0 fully saturated rings. The molecule has 0 bridgehead atoms. The van der Waals surface area contributed by atoms with E-state index in [9.17, 15) is 28.7 Å². The number of hydrogen-bond donors (Lipinski definition) is 2. The Labute approximate surface area is 203 Å². The third kappa shape index (κ3) is 4.44. The smallest absolute Gasteiger partial charge is 0.296 e. The molecule has 2 aromatic carbocycles. The Balaban J connectivity index is 1.89. The van der Waals surface area contributed by atoms with Gasteiger partial charge >= 0.3 is 0 Å². The van der Waals surface area contributed by atoms with Gasteiger partial charge in [-0.05, 0) is 29.3 Å². The van der Waals surface area contributed by atoms with Crippen molar-refractivity contribution < 1.29 is 23.2 Å². The van der Waals surface area contributed by atoms with Gasteiger partial charge in [0.1, 0.15) is 17.8 Å². The lowest BCUT2D eigenvalue weighted by atomic mass is 9.79. The maximum Gasteiger partial charge on any atom is 0.296 e. The fourth-order valence-corrected chi connectivity index (χ4v) is 4.09. The molecule has 0 saturated carbocycles. The predicted octanol–water partition coefficient (Wildman–Crippen LogP) is 3.81. The number of amides is 1. The van der Waals surface area contributed by atoms with Gasteiger partial charge in [-0.25, -0.2) is 13.8 Å². The average Bonchev–Trinajstić information content (AvgIpc) is 3.38. The minimum absolute atomic E-state index is 0.0655. The van der Waals surface area contributed by atoms with Crippen molar-refractivity contribution in [2.45, 2.75) is 18.8 Å². The summed E-state index contributed by atoms with van der Waals surface area (Å²) in [6, 6.07) is 12.1. The molecule has 9 nitrogen and oxygen atoms in total. The molecular formula is C25H19F2N5O4. The minimum Gasteiger partial charge on any atom is -0.501 e. The van der Waals surface area contributed by atoms with Gasteiger partial charge in [0, 0.05) is 18.9 Å². The van der Waals surface area contributed by atoms with Crippen LogP contribution in [0.5, 0.6) is 5.75 Å². The standard InChI is InChI=1S/C25H19F2N5O4/c1-13(20(14-7-8-18(26)19(27)9-14)17-6-4-3-5-15(17)10-28)23-31-21(22(33)25(35)32(23)2)24(34)30-16-11-29-36-12-16/h3-9,11-13,20,33H,1-2H3,(H,30,34)/t13-,20+/m1/s1. The Morgan fingerprint density at radius 2 is 1.97 bits per heavy atom. The maximum atomic E-state index is 14.2. The van der Waals surface area contributed by atoms with E-state index in [1.807, 2.05) is 0 Å². The van der Waals surface area contributed by atoms with Crippen molar-refractivity contribution in [3.05, 3.63) is 105 Å². The first-order valence-electron chi connectivity index (χ1n) is 10.7. The number of aromatic nitrogens is 3. The number of anilines is 1. The zero-order valence-corrected chi connectivity index (χ0v) is 19.1. The molecule has 36 heavy (non-hydrogen) atoms. The zero-order chi connectivity index (χ0) is 26.0. The Morgan fingerprint density at radius 1 is 1.22 bits per heavy atom. The van der Waals surface area contributed by atoms with Gasteiger partial charge in [-0.1, -0.05) is 36.3 Å². The van der Waals surface area contributed by atoms with Gasteiger partial charge in [-0.3, -0.25) is 14.2 Å². The summed E-state index contributed by atoms with van der Waals surface area (Å²) in [7, 11) is 1.36. The number of nitrogens with one attached hydrogen (secondary N) is 1. The summed E-state index contributed by atoms with van der Waals surface area (Å²) >= 11 is 0. The van der Waals surface area contributed by atoms with E-state index in [4.69, 9.17) is 0 Å². The first-order chi connectivity index (χ1) is 17.2. The summed E-state index contributed by atoms with van der Waals surface area (Å²) < 4.78 is 33.7. The molecule has 0 aliphatic rings. The molecule has 0 spiro atoms. The molecule has 2 heterocycles. The van der Waals surface area contributed by atoms with E-state index >= 15 is 0 Å². The van der Waals surface area contributed by atoms with Gasteiger partial charge in [-0.2, -0.15) is 5.26 Å². The van der Waals surface area contributed by atoms with Crippen molar-refractivity contribution in [1.82, 2.24) is 14.7 Å². The van der Waals surface area contributed by atoms with Gasteiger partial charge in [0.15, 0.2) is 17.3 Å². The summed E-state index contributed by atoms with van der Waals surface area (Å²) in [5, 5.41) is 25.9. The van der Waals surface area contributed by atoms with Crippen LogP contribution < -0.4 is 10.9 Å². The Morgan fingerprint density at radius 3 is 2.64 bits per heavy atom. The molecule has 4 aromatic rings. The maximum absolute atomic E-state index is 14.2. The summed E-state index contributed by atoms with van der Waals surface area (Å²) in [5.74, 6) is -5.33. The van der Waals surface area contributed by atoms with E-state index in [1.54, 1.807) is 31.2 Å². The zero-order valence-electron chi connectivity index (χ0n) is 19.1. The molecule has 0 aliphatic heterocycles. The highest BCUT2D eigenvalue weighted by Crippen LogP contribution is 2.39. The van der Waals surface area contributed by atoms with E-state index < -0.39 is 46.4 Å². The van der Waals surface area contributed by atoms with Crippen LogP contribution >= 0.6 is 0 Å². The van der Waals surface area contributed by atoms with E-state index in [0.29, 0.717) is 11.1 Å². The number of hydrogen-bond acceptors (Lipinski definition) is 7. The molecule has 2 aromatic heterocycles. The Bertz CT molecular complexity index is 1540. The van der Waals surface area contributed by atoms with Crippen LogP contribution in [-0.4, -0.2) is 25.7 Å². The van der Waals surface area contributed by atoms with Crippen molar-refractivity contribution in [1.29, 1.82) is 5.26 Å². The van der Waals surface area contributed by atoms with Crippen LogP contribution in [-0.2, 0) is 7.05 Å². The lowest BCUT2D eigenvalue weighted by Gasteiger charge is -2.27. The molecule has 0 saturated heterocycles. The number of nitrogens with zero attached hydrogens (tertiary/aromatic N) is 4. The molecular weight excluding hydrogens is 472 g/mol. The number of aromatic hydroxyl groups is 1. The second-order valence-corrected chi connectivity index (χ2v) is 8.04. The van der Waals surface area contributed by atoms with Crippen LogP contribution in [0.2, 0.25) is 0 Å². The molecule has 2 N–H and O–H groups in total. The third-order valence-corrected chi connectivity index (χ3v) is 5.83. The highest BCUT2D eigenvalue weighted by Gasteiger charge is 2.31. The fourth-order valence-electron chi connectivity index (χ4n) is 4.09. The number of carbonyl (C=O) groups excluding carboxylic acids is 1. The number of rotatable bonds is 6. The SMILES string of the molecule is C[C@@H](c1nc(C(=O)Nc2cnoc2)c(O)c(=O)n1C)[C@@H](c1ccc(F)c(F)c1)c1ccccc1C#N. The van der Waals surface area contributed by atoms with Gasteiger partial charge in [0.2, 0.25) is 5.75 Å². The molecule has 2 atom stereocenters. The minimum atomic E-state index is -1.08. The molecule has 0 aliphatic carbocycles. The quantitative estimate of drug-likeness (QED) is 0.419. The number of halogens is 2. The van der Waals surface area contributed by atoms with Crippen LogP contribution in [0.15, 0.2) is 64.2 Å². The summed E-state index contributed by atoms with van der Waals surface area (Å²) in [5.41, 5.74) is -0.163. The second kappa shape index (κ2) is 9.79. The second-order valence-electron chi connectivity index (χ2n) is 8.04. The van der Waals surface area contributed by atoms with Crippen molar-refractivity contribution in [3.8, 4) is 11.8 Å². The van der Waals surface area contributed by atoms with Crippen LogP contribution in [0.4, 0.5) is 14.5 Å². The summed E-state index contributed by atoms with van der Waals surface area (Å²) in [6.07, 6.45) is 2.37. The van der Waals surface area contributed by atoms with E-state index in [0.717, 1.165) is 23.0 Å². The Kier molecular flexibility index (Phi) is 6.60. The number of benzene rings is 2. The highest BCUT2D eigenvalue weighted by atomic mass is 19.2. The van der Waals surface area contributed by atoms with E-state index in [-0.39, 0.29) is 17.1 Å². The van der Waals surface area contributed by atoms with E-state index in [1.165, 1.54) is 19.3 Å². The van der Waals surface area contributed by atoms with Gasteiger partial charge in [0.05, 0.1) is 17.8 Å². The summed E-state index contributed by atoms with van der Waals surface area (Å²) in [4.78, 5) is 29.9. The number of carbonyl (C=O) groups is 1. The lowest BCUT2D eigenvalue weighted by molar-refractivity contribution is 0.101. The molecule has 0 radical (unpaired) electrons. The van der Waals surface area contributed by atoms with E-state index in [2.05, 4.69) is 26.0 Å². The normalized spacial score (nSPS) is 12.5. The van der Waals surface area contributed by atoms with Crippen molar-refractivity contribution in [3.63, 3.8) is 0 Å². The average molecular weight is 491 g/mol. The summed E-state index contributed by atoms with van der Waals surface area (Å²) in [6.45, 7) is 1.67. The first kappa shape index (κ1) is 24.3. The van der Waals surface area contributed by atoms with Crippen LogP contribution in [0.1, 0.15) is 51.8 Å². The van der Waals surface area contributed by atoms with Gasteiger partial charge < -0.3 is 14.9 Å². The topological polar surface area (TPSA) is 134 Å². The largest absolute Gasteiger partial charge is 0.501 e. The predicted molar refractivity (Wildman–Crippen MR) is 123 cm³/mol. The van der Waals surface area contributed by atoms with Crippen molar-refractivity contribution in [2.75, 3.05) is 5.32 Å². The van der Waals surface area contributed by atoms with Gasteiger partial charge in [0.25, 0.3) is 11.5 Å². The Hall–Kier alpha value is -4.85. The van der Waals surface area contributed by atoms with Crippen molar-refractivity contribution in [2.24, 2.45) is 7.05 Å². The fraction of sp³-hybridized carbons (Fsp3) is 0.160. The first-order valence-corrected chi connectivity index (χ1v) is 10.7. The van der Waals surface area contributed by atoms with Crippen molar-refractivity contribution >= 4 is 11.6 Å². The lowest BCUT2D eigenvalue weighted by Crippen LogP contribution is -2.29. The monoisotopic (exact) mass is 491 g/mol. The van der Waals surface area contributed by atoms with Crippen LogP contribution in [0.3, 0.4) is 0 Å². The molecule has 0 unspecified atom stereocenters. The molecule has 182 valence electrons. The van der Waals surface area contributed by atoms with Crippen LogP contribution in [0.25, 0.3) is 0 Å². The molecule has 4 rings (SSSR count). The third-order valence-electron chi connectivity index (χ3n) is 5.83. The molecule has 11 heteroatoms. The van der Waals surface area contributed by atoms with Crippen LogP contribution in [0, 0.1) is 23.0 Å².